The van der Waals surface area contributed by atoms with Crippen LogP contribution in [-0.4, -0.2) is 63.7 Å². The Kier molecular flexibility index (Phi) is 6.55. The molecule has 11 nitrogen and oxygen atoms in total. The van der Waals surface area contributed by atoms with Crippen molar-refractivity contribution in [2.75, 3.05) is 5.32 Å². The summed E-state index contributed by atoms with van der Waals surface area (Å²) in [5.41, 5.74) is 3.00. The van der Waals surface area contributed by atoms with Crippen molar-refractivity contribution in [1.82, 2.24) is 34.0 Å². The van der Waals surface area contributed by atoms with Crippen LogP contribution in [0.3, 0.4) is 0 Å². The van der Waals surface area contributed by atoms with Gasteiger partial charge in [0.25, 0.3) is 0 Å². The number of hydrogen-bond acceptors (Lipinski definition) is 7. The van der Waals surface area contributed by atoms with Crippen LogP contribution in [0.5, 0.6) is 0 Å². The van der Waals surface area contributed by atoms with Gasteiger partial charge in [0.2, 0.25) is 11.8 Å². The summed E-state index contributed by atoms with van der Waals surface area (Å²) in [6.07, 6.45) is 1.52. The molecule has 1 N–H and O–H groups in total. The van der Waals surface area contributed by atoms with E-state index in [0.717, 1.165) is 40.5 Å². The third-order valence-electron chi connectivity index (χ3n) is 9.02. The maximum absolute atomic E-state index is 13.9. The van der Waals surface area contributed by atoms with E-state index in [-0.39, 0.29) is 35.5 Å². The number of pyridine rings is 1. The van der Waals surface area contributed by atoms with Gasteiger partial charge >= 0.3 is 6.18 Å². The first kappa shape index (κ1) is 29.6. The Morgan fingerprint density at radius 3 is 2.57 bits per heavy atom. The Bertz CT molecular complexity index is 2100. The van der Waals surface area contributed by atoms with Gasteiger partial charge < -0.3 is 14.8 Å². The number of piperidine rings is 1. The molecule has 7 rings (SSSR count). The van der Waals surface area contributed by atoms with Gasteiger partial charge in [-0.3, -0.25) is 19.4 Å². The lowest BCUT2D eigenvalue weighted by Crippen LogP contribution is -2.46. The zero-order chi connectivity index (χ0) is 32.7. The molecule has 4 aromatic heterocycles. The van der Waals surface area contributed by atoms with Gasteiger partial charge in [-0.2, -0.15) is 18.3 Å². The molecule has 0 radical (unpaired) electrons. The first-order chi connectivity index (χ1) is 21.7. The van der Waals surface area contributed by atoms with Crippen LogP contribution in [0.15, 0.2) is 49.1 Å². The molecule has 2 aliphatic rings. The van der Waals surface area contributed by atoms with Gasteiger partial charge in [0.15, 0.2) is 22.9 Å². The van der Waals surface area contributed by atoms with Gasteiger partial charge in [0, 0.05) is 34.9 Å². The van der Waals surface area contributed by atoms with E-state index in [4.69, 9.17) is 0 Å². The molecule has 2 fully saturated rings. The highest BCUT2D eigenvalue weighted by Gasteiger charge is 2.64. The number of amides is 2. The lowest BCUT2D eigenvalue weighted by Gasteiger charge is -2.27. The second kappa shape index (κ2) is 10.2. The largest absolute Gasteiger partial charge is 0.434 e. The number of likely N-dealkylation sites (tertiary alicyclic amines) is 1. The fourth-order valence-electron chi connectivity index (χ4n) is 6.75. The van der Waals surface area contributed by atoms with Crippen LogP contribution >= 0.6 is 0 Å². The molecule has 1 aliphatic heterocycles. The first-order valence-electron chi connectivity index (χ1n) is 14.7. The molecular weight excluding hydrogens is 601 g/mol. The number of Topliss-reactive ketones (excluding diaryl/α,β-unsaturated/α-hetero) is 1. The highest BCUT2D eigenvalue weighted by Crippen LogP contribution is 2.59. The number of carbonyl (C=O) groups excluding carboxylic acids is 3. The number of nitrogens with one attached hydrogen (secondary N) is 1. The summed E-state index contributed by atoms with van der Waals surface area (Å²) in [4.78, 5) is 53.0. The highest BCUT2D eigenvalue weighted by atomic mass is 19.4. The monoisotopic (exact) mass is 630 g/mol. The fraction of sp³-hybridized carbons (Fsp3) is 0.344. The summed E-state index contributed by atoms with van der Waals surface area (Å²) in [5.74, 6) is -0.810. The van der Waals surface area contributed by atoms with E-state index in [1.165, 1.54) is 11.8 Å². The van der Waals surface area contributed by atoms with Crippen molar-refractivity contribution in [3.05, 3.63) is 71.7 Å². The lowest BCUT2D eigenvalue weighted by molar-refractivity contribution is -0.141. The topological polar surface area (TPSA) is 127 Å². The molecule has 0 bridgehead atoms. The predicted molar refractivity (Wildman–Crippen MR) is 161 cm³/mol. The Hall–Kier alpha value is -5.14. The first-order valence-corrected chi connectivity index (χ1v) is 14.7. The smallest absolute Gasteiger partial charge is 0.337 e. The maximum Gasteiger partial charge on any atom is 0.434 e. The van der Waals surface area contributed by atoms with Crippen molar-refractivity contribution in [2.24, 2.45) is 5.41 Å². The number of aryl methyl sites for hydroxylation is 2. The number of aromatic nitrogens is 6. The quantitative estimate of drug-likeness (QED) is 0.262. The summed E-state index contributed by atoms with van der Waals surface area (Å²) in [6, 6.07) is 6.64. The number of fused-ring (bicyclic) bond motifs is 3. The van der Waals surface area contributed by atoms with Crippen LogP contribution in [0.1, 0.15) is 54.1 Å². The molecule has 0 spiro atoms. The number of rotatable bonds is 6. The molecule has 1 aliphatic carbocycles. The number of ketones is 1. The minimum atomic E-state index is -4.72. The molecule has 46 heavy (non-hydrogen) atoms. The second-order valence-corrected chi connectivity index (χ2v) is 12.5. The Morgan fingerprint density at radius 2 is 1.83 bits per heavy atom. The minimum absolute atomic E-state index is 0.131. The van der Waals surface area contributed by atoms with Crippen molar-refractivity contribution in [1.29, 1.82) is 0 Å². The Labute approximate surface area is 260 Å². The molecule has 1 unspecified atom stereocenters. The molecule has 1 saturated carbocycles. The van der Waals surface area contributed by atoms with Crippen LogP contribution in [0, 0.1) is 19.3 Å². The molecular formula is C32H29F3N8O3. The van der Waals surface area contributed by atoms with E-state index in [1.54, 1.807) is 15.3 Å². The van der Waals surface area contributed by atoms with Crippen molar-refractivity contribution >= 4 is 40.0 Å². The van der Waals surface area contributed by atoms with E-state index < -0.39 is 23.8 Å². The third kappa shape index (κ3) is 4.97. The minimum Gasteiger partial charge on any atom is -0.337 e. The number of nitrogens with zero attached hydrogens (tertiary/aromatic N) is 7. The Balaban J connectivity index is 1.19. The van der Waals surface area contributed by atoms with E-state index in [2.05, 4.69) is 25.4 Å². The van der Waals surface area contributed by atoms with E-state index in [0.29, 0.717) is 29.4 Å². The number of carbonyl (C=O) groups is 3. The van der Waals surface area contributed by atoms with E-state index >= 15 is 0 Å². The predicted octanol–water partition coefficient (Wildman–Crippen LogP) is 5.00. The molecule has 236 valence electrons. The SMILES string of the molecule is CC(=O)c1cn(CC(=O)N2C3C[C@]3(C)C[C@H]2C(=O)Nc2cncc(C(F)(F)F)n2)c2c(C)cc(-c3ccc4nc(C)nn4c3)cc12. The maximum atomic E-state index is 13.9. The summed E-state index contributed by atoms with van der Waals surface area (Å²) in [5, 5.41) is 7.52. The molecule has 1 saturated heterocycles. The van der Waals surface area contributed by atoms with Gasteiger partial charge in [0.05, 0.1) is 17.9 Å². The zero-order valence-corrected chi connectivity index (χ0v) is 25.4. The molecule has 2 amide bonds. The van der Waals surface area contributed by atoms with Crippen LogP contribution in [0.25, 0.3) is 27.7 Å². The number of hydrogen-bond donors (Lipinski definition) is 1. The van der Waals surface area contributed by atoms with Crippen LogP contribution in [0.2, 0.25) is 0 Å². The molecule has 5 heterocycles. The van der Waals surface area contributed by atoms with Gasteiger partial charge in [-0.05, 0) is 74.4 Å². The van der Waals surface area contributed by atoms with Crippen LogP contribution < -0.4 is 5.32 Å². The normalized spacial score (nSPS) is 20.7. The van der Waals surface area contributed by atoms with Crippen LogP contribution in [0.4, 0.5) is 19.0 Å². The van der Waals surface area contributed by atoms with Gasteiger partial charge in [0.1, 0.15) is 18.4 Å². The van der Waals surface area contributed by atoms with Crippen molar-refractivity contribution in [2.45, 2.75) is 65.3 Å². The average Bonchev–Trinajstić information content (AvgIpc) is 3.25. The van der Waals surface area contributed by atoms with Crippen molar-refractivity contribution in [3.63, 3.8) is 0 Å². The third-order valence-corrected chi connectivity index (χ3v) is 9.02. The number of halogens is 3. The second-order valence-electron chi connectivity index (χ2n) is 12.5. The summed E-state index contributed by atoms with van der Waals surface area (Å²) >= 11 is 0. The van der Waals surface area contributed by atoms with Gasteiger partial charge in [-0.15, -0.1) is 0 Å². The standard InChI is InChI=1S/C32H29F3N8O3/c1-16-7-20(19-5-6-27-37-18(3)40-42(27)13-19)8-21-22(17(2)44)14-41(29(16)21)15-28(45)43-23(9-31(4)10-25(31)43)30(46)39-26-12-36-11-24(38-26)32(33,34)35/h5-8,11-14,23,25H,9-10,15H2,1-4H3,(H,38,39,46)/t23-,25?,31-/m0/s1. The van der Waals surface area contributed by atoms with Crippen molar-refractivity contribution < 1.29 is 27.6 Å². The molecule has 1 aromatic carbocycles. The number of anilines is 1. The van der Waals surface area contributed by atoms with Crippen molar-refractivity contribution in [3.8, 4) is 11.1 Å². The van der Waals surface area contributed by atoms with Gasteiger partial charge in [-0.25, -0.2) is 14.5 Å². The van der Waals surface area contributed by atoms with E-state index in [1.807, 2.05) is 51.2 Å². The zero-order valence-electron chi connectivity index (χ0n) is 25.4. The van der Waals surface area contributed by atoms with Gasteiger partial charge in [-0.1, -0.05) is 6.92 Å². The lowest BCUT2D eigenvalue weighted by atomic mass is 9.99. The van der Waals surface area contributed by atoms with Crippen LogP contribution in [-0.2, 0) is 22.3 Å². The molecule has 3 atom stereocenters. The number of benzene rings is 1. The number of alkyl halides is 3. The summed E-state index contributed by atoms with van der Waals surface area (Å²) in [6.45, 7) is 7.05. The molecule has 14 heteroatoms. The molecule has 5 aromatic rings. The fourth-order valence-corrected chi connectivity index (χ4v) is 6.75. The average molecular weight is 631 g/mol. The Morgan fingerprint density at radius 1 is 1.04 bits per heavy atom. The highest BCUT2D eigenvalue weighted by molar-refractivity contribution is 6.09. The summed E-state index contributed by atoms with van der Waals surface area (Å²) in [7, 11) is 0. The van der Waals surface area contributed by atoms with E-state index in [9.17, 15) is 27.6 Å². The summed E-state index contributed by atoms with van der Waals surface area (Å²) < 4.78 is 42.9.